The van der Waals surface area contributed by atoms with Gasteiger partial charge in [0.05, 0.1) is 36.5 Å². The Hall–Kier alpha value is -4.65. The van der Waals surface area contributed by atoms with Gasteiger partial charge in [0.1, 0.15) is 11.5 Å². The summed E-state index contributed by atoms with van der Waals surface area (Å²) >= 11 is 0. The fraction of sp³-hybridized carbons (Fsp3) is 0.219. The summed E-state index contributed by atoms with van der Waals surface area (Å²) in [6, 6.07) is 23.1. The first-order valence-corrected chi connectivity index (χ1v) is 13.1. The summed E-state index contributed by atoms with van der Waals surface area (Å²) in [5.41, 5.74) is 5.03. The molecule has 5 aromatic rings. The molecule has 0 saturated carbocycles. The predicted molar refractivity (Wildman–Crippen MR) is 157 cm³/mol. The van der Waals surface area contributed by atoms with E-state index in [2.05, 4.69) is 19.9 Å². The molecule has 0 spiro atoms. The molecule has 0 fully saturated rings. The molecular weight excluding hydrogens is 488 g/mol. The van der Waals surface area contributed by atoms with Crippen LogP contribution in [0, 0.1) is 6.92 Å². The first-order chi connectivity index (χ1) is 18.9. The maximum atomic E-state index is 13.8. The molecule has 3 aromatic carbocycles. The van der Waals surface area contributed by atoms with Crippen LogP contribution in [-0.4, -0.2) is 34.2 Å². The minimum atomic E-state index is -0.228. The second-order valence-corrected chi connectivity index (χ2v) is 9.61. The van der Waals surface area contributed by atoms with Crippen molar-refractivity contribution in [1.29, 1.82) is 0 Å². The third-order valence-corrected chi connectivity index (χ3v) is 6.71. The largest absolute Gasteiger partial charge is 0.497 e. The summed E-state index contributed by atoms with van der Waals surface area (Å²) in [6.45, 7) is 8.82. The summed E-state index contributed by atoms with van der Waals surface area (Å²) in [7, 11) is 1.64. The van der Waals surface area contributed by atoms with Crippen LogP contribution in [0.25, 0.3) is 28.0 Å². The molecule has 7 heteroatoms. The normalized spacial score (nSPS) is 11.5. The first kappa shape index (κ1) is 26.0. The SMILES string of the molecule is CCOc1cc(C)c(-c2nc3ccccc3c(=O)n2N=Cc2cccn2-c2ccc(OC)cc2)cc1C(C)C. The highest BCUT2D eigenvalue weighted by Gasteiger charge is 2.18. The van der Waals surface area contributed by atoms with Crippen LogP contribution in [-0.2, 0) is 0 Å². The second kappa shape index (κ2) is 11.0. The summed E-state index contributed by atoms with van der Waals surface area (Å²) in [4.78, 5) is 18.7. The number of benzene rings is 3. The van der Waals surface area contributed by atoms with Crippen LogP contribution in [0.1, 0.15) is 43.5 Å². The van der Waals surface area contributed by atoms with Gasteiger partial charge in [-0.15, -0.1) is 0 Å². The van der Waals surface area contributed by atoms with Gasteiger partial charge in [0, 0.05) is 17.4 Å². The van der Waals surface area contributed by atoms with Crippen molar-refractivity contribution in [1.82, 2.24) is 14.2 Å². The molecule has 0 N–H and O–H groups in total. The Balaban J connectivity index is 1.68. The van der Waals surface area contributed by atoms with Gasteiger partial charge in [0.15, 0.2) is 5.82 Å². The maximum Gasteiger partial charge on any atom is 0.282 e. The molecule has 2 aromatic heterocycles. The Morgan fingerprint density at radius 3 is 2.51 bits per heavy atom. The fourth-order valence-electron chi connectivity index (χ4n) is 4.67. The van der Waals surface area contributed by atoms with Crippen LogP contribution in [0.3, 0.4) is 0 Å². The number of hydrogen-bond donors (Lipinski definition) is 0. The van der Waals surface area contributed by atoms with E-state index < -0.39 is 0 Å². The number of aromatic nitrogens is 3. The Morgan fingerprint density at radius 2 is 1.79 bits per heavy atom. The highest BCUT2D eigenvalue weighted by Crippen LogP contribution is 2.34. The summed E-state index contributed by atoms with van der Waals surface area (Å²) < 4.78 is 14.6. The van der Waals surface area contributed by atoms with E-state index in [-0.39, 0.29) is 11.5 Å². The van der Waals surface area contributed by atoms with E-state index in [1.807, 2.05) is 85.3 Å². The lowest BCUT2D eigenvalue weighted by molar-refractivity contribution is 0.335. The van der Waals surface area contributed by atoms with E-state index in [4.69, 9.17) is 19.6 Å². The average molecular weight is 521 g/mol. The van der Waals surface area contributed by atoms with E-state index in [0.717, 1.165) is 39.6 Å². The third kappa shape index (κ3) is 5.08. The van der Waals surface area contributed by atoms with Crippen molar-refractivity contribution >= 4 is 17.1 Å². The zero-order valence-corrected chi connectivity index (χ0v) is 22.9. The van der Waals surface area contributed by atoms with Crippen molar-refractivity contribution in [3.05, 3.63) is 106 Å². The molecule has 0 amide bonds. The zero-order chi connectivity index (χ0) is 27.5. The van der Waals surface area contributed by atoms with E-state index >= 15 is 0 Å². The lowest BCUT2D eigenvalue weighted by atomic mass is 9.96. The van der Waals surface area contributed by atoms with Gasteiger partial charge < -0.3 is 14.0 Å². The van der Waals surface area contributed by atoms with Crippen molar-refractivity contribution in [3.63, 3.8) is 0 Å². The monoisotopic (exact) mass is 520 g/mol. The molecule has 5 rings (SSSR count). The minimum Gasteiger partial charge on any atom is -0.497 e. The zero-order valence-electron chi connectivity index (χ0n) is 22.9. The number of ether oxygens (including phenoxy) is 2. The molecule has 0 aliphatic rings. The van der Waals surface area contributed by atoms with Crippen LogP contribution in [0.15, 0.2) is 88.9 Å². The van der Waals surface area contributed by atoms with E-state index in [9.17, 15) is 4.79 Å². The van der Waals surface area contributed by atoms with Gasteiger partial charge >= 0.3 is 0 Å². The molecule has 0 aliphatic heterocycles. The summed E-state index contributed by atoms with van der Waals surface area (Å²) in [6.07, 6.45) is 3.65. The van der Waals surface area contributed by atoms with Gasteiger partial charge in [0.25, 0.3) is 5.56 Å². The minimum absolute atomic E-state index is 0.225. The maximum absolute atomic E-state index is 13.8. The van der Waals surface area contributed by atoms with Crippen LogP contribution in [0.2, 0.25) is 0 Å². The molecule has 0 unspecified atom stereocenters. The highest BCUT2D eigenvalue weighted by molar-refractivity contribution is 5.82. The molecule has 39 heavy (non-hydrogen) atoms. The molecule has 7 nitrogen and oxygen atoms in total. The molecule has 2 heterocycles. The average Bonchev–Trinajstić information content (AvgIpc) is 3.41. The molecule has 0 atom stereocenters. The molecule has 0 aliphatic carbocycles. The first-order valence-electron chi connectivity index (χ1n) is 13.1. The van der Waals surface area contributed by atoms with Gasteiger partial charge in [-0.2, -0.15) is 9.78 Å². The van der Waals surface area contributed by atoms with Gasteiger partial charge in [-0.25, -0.2) is 4.98 Å². The van der Waals surface area contributed by atoms with E-state index in [0.29, 0.717) is 23.3 Å². The Kier molecular flexibility index (Phi) is 7.32. The van der Waals surface area contributed by atoms with Gasteiger partial charge in [-0.1, -0.05) is 26.0 Å². The number of para-hydroxylation sites is 1. The predicted octanol–water partition coefficient (Wildman–Crippen LogP) is 6.58. The topological polar surface area (TPSA) is 70.6 Å². The molecule has 198 valence electrons. The van der Waals surface area contributed by atoms with Crippen molar-refractivity contribution in [2.45, 2.75) is 33.6 Å². The number of nitrogens with zero attached hydrogens (tertiary/aromatic N) is 4. The van der Waals surface area contributed by atoms with Crippen molar-refractivity contribution in [3.8, 4) is 28.6 Å². The lowest BCUT2D eigenvalue weighted by Crippen LogP contribution is -2.21. The third-order valence-electron chi connectivity index (χ3n) is 6.71. The van der Waals surface area contributed by atoms with E-state index in [1.54, 1.807) is 19.4 Å². The van der Waals surface area contributed by atoms with Gasteiger partial charge in [-0.3, -0.25) is 4.79 Å². The summed E-state index contributed by atoms with van der Waals surface area (Å²) in [5.74, 6) is 2.35. The van der Waals surface area contributed by atoms with Crippen LogP contribution in [0.5, 0.6) is 11.5 Å². The second-order valence-electron chi connectivity index (χ2n) is 9.61. The fourth-order valence-corrected chi connectivity index (χ4v) is 4.67. The van der Waals surface area contributed by atoms with Crippen LogP contribution in [0.4, 0.5) is 0 Å². The number of fused-ring (bicyclic) bond motifs is 1. The van der Waals surface area contributed by atoms with Crippen LogP contribution >= 0.6 is 0 Å². The van der Waals surface area contributed by atoms with Crippen LogP contribution < -0.4 is 15.0 Å². The Labute approximate surface area is 228 Å². The van der Waals surface area contributed by atoms with Crippen molar-refractivity contribution in [2.75, 3.05) is 13.7 Å². The van der Waals surface area contributed by atoms with Gasteiger partial charge in [-0.05, 0) is 91.6 Å². The van der Waals surface area contributed by atoms with Gasteiger partial charge in [0.2, 0.25) is 0 Å². The highest BCUT2D eigenvalue weighted by atomic mass is 16.5. The number of hydrogen-bond acceptors (Lipinski definition) is 5. The lowest BCUT2D eigenvalue weighted by Gasteiger charge is -2.18. The molecular formula is C32H32N4O3. The summed E-state index contributed by atoms with van der Waals surface area (Å²) in [5, 5.41) is 5.22. The smallest absolute Gasteiger partial charge is 0.282 e. The molecule has 0 radical (unpaired) electrons. The Morgan fingerprint density at radius 1 is 1.03 bits per heavy atom. The van der Waals surface area contributed by atoms with Crippen molar-refractivity contribution in [2.24, 2.45) is 5.10 Å². The molecule has 0 bridgehead atoms. The quantitative estimate of drug-likeness (QED) is 0.217. The Bertz CT molecular complexity index is 1710. The van der Waals surface area contributed by atoms with E-state index in [1.165, 1.54) is 4.68 Å². The number of rotatable bonds is 8. The standard InChI is InChI=1S/C32H32N4O3/c1-6-39-30-18-22(4)28(19-27(30)21(2)3)31-34-29-12-8-7-11-26(29)32(37)36(31)33-20-24-10-9-17-35(24)23-13-15-25(38-5)16-14-23/h7-21H,6H2,1-5H3. The molecule has 0 saturated heterocycles. The number of aryl methyl sites for hydroxylation is 1. The number of methoxy groups -OCH3 is 1. The van der Waals surface area contributed by atoms with Crippen molar-refractivity contribution < 1.29 is 9.47 Å².